The Hall–Kier alpha value is -3.37. The molecule has 0 aromatic heterocycles. The molecule has 0 aliphatic rings. The normalized spacial score (nSPS) is 11.5. The fourth-order valence-corrected chi connectivity index (χ4v) is 8.55. The Labute approximate surface area is 192 Å². The van der Waals surface area contributed by atoms with E-state index in [1.807, 2.05) is 24.3 Å². The van der Waals surface area contributed by atoms with Crippen LogP contribution in [0.15, 0.2) is 86.0 Å². The average molecular weight is 443 g/mol. The van der Waals surface area contributed by atoms with Crippen LogP contribution in [-0.2, 0) is 4.79 Å². The van der Waals surface area contributed by atoms with Crippen LogP contribution in [0.3, 0.4) is 0 Å². The maximum atomic E-state index is 11.8. The molecule has 0 fully saturated rings. The molecule has 0 saturated carbocycles. The van der Waals surface area contributed by atoms with Crippen LogP contribution in [0.1, 0.15) is 38.8 Å². The quantitative estimate of drug-likeness (QED) is 0.262. The van der Waals surface area contributed by atoms with Gasteiger partial charge in [-0.3, -0.25) is 4.79 Å². The van der Waals surface area contributed by atoms with Crippen LogP contribution >= 0.6 is 0 Å². The van der Waals surface area contributed by atoms with Crippen molar-refractivity contribution in [2.24, 2.45) is 0 Å². The van der Waals surface area contributed by atoms with Gasteiger partial charge in [-0.05, 0) is 27.5 Å². The van der Waals surface area contributed by atoms with E-state index in [4.69, 9.17) is 9.16 Å². The smallest absolute Gasteiger partial charge is 0.319 e. The van der Waals surface area contributed by atoms with Crippen molar-refractivity contribution in [2.75, 3.05) is 0 Å². The minimum absolute atomic E-state index is 0.202. The van der Waals surface area contributed by atoms with E-state index in [1.54, 1.807) is 12.2 Å². The zero-order chi connectivity index (χ0) is 23.4. The van der Waals surface area contributed by atoms with E-state index in [9.17, 15) is 4.79 Å². The summed E-state index contributed by atoms with van der Waals surface area (Å²) in [5.41, 5.74) is 1.36. The number of hydrogen-bond donors (Lipinski definition) is 0. The second-order valence-electron chi connectivity index (χ2n) is 8.66. The number of ether oxygens (including phenoxy) is 1. The van der Waals surface area contributed by atoms with E-state index in [1.165, 1.54) is 6.92 Å². The van der Waals surface area contributed by atoms with Crippen LogP contribution in [0.5, 0.6) is 11.5 Å². The number of benzene rings is 3. The molecule has 3 nitrogen and oxygen atoms in total. The topological polar surface area (TPSA) is 35.5 Å². The van der Waals surface area contributed by atoms with Gasteiger partial charge >= 0.3 is 14.3 Å². The Kier molecular flexibility index (Phi) is 6.85. The molecule has 3 aromatic carbocycles. The van der Waals surface area contributed by atoms with Gasteiger partial charge in [-0.25, -0.2) is 0 Å². The van der Waals surface area contributed by atoms with Crippen LogP contribution in [0, 0.1) is 0 Å². The highest BCUT2D eigenvalue weighted by Crippen LogP contribution is 2.41. The Morgan fingerprint density at radius 2 is 1.38 bits per heavy atom. The molecular formula is C28H30O3Si. The van der Waals surface area contributed by atoms with Crippen molar-refractivity contribution in [2.45, 2.75) is 32.7 Å². The first-order chi connectivity index (χ1) is 15.2. The highest BCUT2D eigenvalue weighted by Gasteiger charge is 2.52. The lowest BCUT2D eigenvalue weighted by Gasteiger charge is -2.43. The third-order valence-corrected chi connectivity index (χ3v) is 10.5. The molecule has 0 atom stereocenters. The van der Waals surface area contributed by atoms with Crippen LogP contribution in [0.4, 0.5) is 0 Å². The minimum Gasteiger partial charge on any atom is -0.533 e. The zero-order valence-electron chi connectivity index (χ0n) is 19.2. The second kappa shape index (κ2) is 9.41. The van der Waals surface area contributed by atoms with Crippen molar-refractivity contribution in [3.05, 3.63) is 97.1 Å². The lowest BCUT2D eigenvalue weighted by atomic mass is 10.1. The number of hydrogen-bond acceptors (Lipinski definition) is 3. The van der Waals surface area contributed by atoms with E-state index in [0.717, 1.165) is 10.4 Å². The SMILES string of the molecule is C=Cc1ccc(O[Si](c2ccccc2)(c2ccccc2)C(C)(C)C)c(C=C)c1OC(C)=O. The maximum absolute atomic E-state index is 11.8. The Morgan fingerprint density at radius 1 is 0.844 bits per heavy atom. The summed E-state index contributed by atoms with van der Waals surface area (Å²) < 4.78 is 12.7. The Bertz CT molecular complexity index is 1070. The predicted octanol–water partition coefficient (Wildman–Crippen LogP) is 5.84. The van der Waals surface area contributed by atoms with E-state index in [2.05, 4.69) is 82.5 Å². The van der Waals surface area contributed by atoms with Gasteiger partial charge in [0.15, 0.2) is 0 Å². The minimum atomic E-state index is -2.84. The highest BCUT2D eigenvalue weighted by atomic mass is 28.4. The lowest BCUT2D eigenvalue weighted by molar-refractivity contribution is -0.131. The van der Waals surface area contributed by atoms with Gasteiger partial charge in [0.05, 0.1) is 5.56 Å². The van der Waals surface area contributed by atoms with Crippen molar-refractivity contribution < 1.29 is 14.0 Å². The predicted molar refractivity (Wildman–Crippen MR) is 136 cm³/mol. The largest absolute Gasteiger partial charge is 0.533 e. The molecule has 0 saturated heterocycles. The molecular weight excluding hydrogens is 412 g/mol. The first-order valence-corrected chi connectivity index (χ1v) is 12.6. The molecule has 0 aliphatic heterocycles. The fourth-order valence-electron chi connectivity index (χ4n) is 4.11. The van der Waals surface area contributed by atoms with Gasteiger partial charge in [0.1, 0.15) is 11.5 Å². The van der Waals surface area contributed by atoms with E-state index >= 15 is 0 Å². The van der Waals surface area contributed by atoms with Crippen LogP contribution in [-0.4, -0.2) is 14.3 Å². The highest BCUT2D eigenvalue weighted by molar-refractivity contribution is 7.00. The van der Waals surface area contributed by atoms with Gasteiger partial charge in [-0.1, -0.05) is 107 Å². The van der Waals surface area contributed by atoms with Gasteiger partial charge in [-0.15, -0.1) is 0 Å². The zero-order valence-corrected chi connectivity index (χ0v) is 20.2. The maximum Gasteiger partial charge on any atom is 0.319 e. The summed E-state index contributed by atoms with van der Waals surface area (Å²) in [5, 5.41) is 2.12. The molecule has 0 unspecified atom stereocenters. The summed E-state index contributed by atoms with van der Waals surface area (Å²) in [5.74, 6) is 0.646. The first kappa shape index (κ1) is 23.3. The van der Waals surface area contributed by atoms with Crippen molar-refractivity contribution in [1.82, 2.24) is 0 Å². The van der Waals surface area contributed by atoms with E-state index < -0.39 is 14.3 Å². The molecule has 0 radical (unpaired) electrons. The van der Waals surface area contributed by atoms with Gasteiger partial charge < -0.3 is 9.16 Å². The second-order valence-corrected chi connectivity index (χ2v) is 12.9. The van der Waals surface area contributed by atoms with Crippen molar-refractivity contribution in [3.63, 3.8) is 0 Å². The average Bonchev–Trinajstić information content (AvgIpc) is 2.77. The molecule has 0 heterocycles. The van der Waals surface area contributed by atoms with Gasteiger partial charge in [0.25, 0.3) is 0 Å². The lowest BCUT2D eigenvalue weighted by Crippen LogP contribution is -2.68. The summed E-state index contributed by atoms with van der Waals surface area (Å²) in [6.45, 7) is 15.9. The first-order valence-electron chi connectivity index (χ1n) is 10.6. The van der Waals surface area contributed by atoms with Crippen molar-refractivity contribution in [1.29, 1.82) is 0 Å². The standard InChI is InChI=1S/C28H30O3Si/c1-7-22-19-20-26(25(8-2)27(22)30-21(3)29)31-32(28(4,5)6,23-15-11-9-12-16-23)24-17-13-10-14-18-24/h7-20H,1-2H2,3-6H3. The monoisotopic (exact) mass is 442 g/mol. The van der Waals surface area contributed by atoms with Crippen LogP contribution in [0.25, 0.3) is 12.2 Å². The van der Waals surface area contributed by atoms with E-state index in [0.29, 0.717) is 22.6 Å². The number of rotatable bonds is 7. The molecule has 3 aromatic rings. The summed E-state index contributed by atoms with van der Waals surface area (Å²) >= 11 is 0. The van der Waals surface area contributed by atoms with Gasteiger partial charge in [0.2, 0.25) is 0 Å². The third-order valence-electron chi connectivity index (χ3n) is 5.54. The molecule has 0 aliphatic carbocycles. The van der Waals surface area contributed by atoms with Crippen molar-refractivity contribution >= 4 is 36.8 Å². The Morgan fingerprint density at radius 3 is 1.78 bits per heavy atom. The molecule has 164 valence electrons. The van der Waals surface area contributed by atoms with Crippen LogP contribution < -0.4 is 19.5 Å². The van der Waals surface area contributed by atoms with Crippen molar-refractivity contribution in [3.8, 4) is 11.5 Å². The third kappa shape index (κ3) is 4.32. The number of esters is 1. The molecule has 0 amide bonds. The molecule has 32 heavy (non-hydrogen) atoms. The molecule has 0 N–H and O–H groups in total. The number of carbonyl (C=O) groups excluding carboxylic acids is 1. The summed E-state index contributed by atoms with van der Waals surface area (Å²) in [4.78, 5) is 11.8. The van der Waals surface area contributed by atoms with E-state index in [-0.39, 0.29) is 5.04 Å². The van der Waals surface area contributed by atoms with Gasteiger partial charge in [0, 0.05) is 12.5 Å². The molecule has 0 spiro atoms. The molecule has 3 rings (SSSR count). The summed E-state index contributed by atoms with van der Waals surface area (Å²) in [6.07, 6.45) is 3.34. The van der Waals surface area contributed by atoms with Crippen LogP contribution in [0.2, 0.25) is 5.04 Å². The van der Waals surface area contributed by atoms with Gasteiger partial charge in [-0.2, -0.15) is 0 Å². The fraction of sp³-hybridized carbons (Fsp3) is 0.179. The summed E-state index contributed by atoms with van der Waals surface area (Å²) in [7, 11) is -2.84. The number of carbonyl (C=O) groups is 1. The molecule has 0 bridgehead atoms. The summed E-state index contributed by atoms with van der Waals surface area (Å²) in [6, 6.07) is 24.6. The molecule has 4 heteroatoms. The Balaban J connectivity index is 2.33.